The lowest BCUT2D eigenvalue weighted by Crippen LogP contribution is -2.22. The molecular formula is C33H34ClF2N3O. The molecule has 0 spiro atoms. The summed E-state index contributed by atoms with van der Waals surface area (Å²) in [5.74, 6) is -0.0554. The van der Waals surface area contributed by atoms with Gasteiger partial charge in [0.25, 0.3) is 0 Å². The van der Waals surface area contributed by atoms with E-state index in [1.807, 2.05) is 25.1 Å². The van der Waals surface area contributed by atoms with E-state index in [-0.39, 0.29) is 11.2 Å². The van der Waals surface area contributed by atoms with Gasteiger partial charge in [-0.25, -0.2) is 13.8 Å². The lowest BCUT2D eigenvalue weighted by atomic mass is 9.82. The average molecular weight is 562 g/mol. The molecule has 2 aromatic carbocycles. The van der Waals surface area contributed by atoms with Crippen LogP contribution >= 0.6 is 11.6 Å². The van der Waals surface area contributed by atoms with Crippen LogP contribution in [0.15, 0.2) is 48.5 Å². The maximum atomic E-state index is 16.2. The summed E-state index contributed by atoms with van der Waals surface area (Å²) in [6.07, 6.45) is 2.33. The largest absolute Gasteiger partial charge is 0.491 e. The van der Waals surface area contributed by atoms with Crippen molar-refractivity contribution in [2.24, 2.45) is 0 Å². The predicted molar refractivity (Wildman–Crippen MR) is 158 cm³/mol. The van der Waals surface area contributed by atoms with Crippen LogP contribution in [0.1, 0.15) is 68.5 Å². The minimum atomic E-state index is -1.33. The van der Waals surface area contributed by atoms with E-state index < -0.39 is 11.6 Å². The fourth-order valence-electron chi connectivity index (χ4n) is 5.75. The Morgan fingerprint density at radius 2 is 1.82 bits per heavy atom. The first-order chi connectivity index (χ1) is 19.1. The van der Waals surface area contributed by atoms with Crippen LogP contribution in [0.3, 0.4) is 0 Å². The van der Waals surface area contributed by atoms with Gasteiger partial charge in [-0.3, -0.25) is 4.98 Å². The van der Waals surface area contributed by atoms with Crippen LogP contribution in [-0.4, -0.2) is 28.8 Å². The number of rotatable bonds is 8. The van der Waals surface area contributed by atoms with Crippen molar-refractivity contribution in [3.63, 3.8) is 0 Å². The molecule has 1 atom stereocenters. The molecule has 4 nitrogen and oxygen atoms in total. The number of nitrogens with one attached hydrogen (secondary N) is 1. The zero-order chi connectivity index (χ0) is 28.2. The van der Waals surface area contributed by atoms with Crippen LogP contribution < -0.4 is 10.1 Å². The summed E-state index contributed by atoms with van der Waals surface area (Å²) in [5, 5.41) is 4.98. The summed E-state index contributed by atoms with van der Waals surface area (Å²) in [7, 11) is 0. The molecule has 0 amide bonds. The number of anilines is 1. The SMILES string of the molecule is CCCOc1cc(CC(c2cc3c(c(-c4ccc(F)cc4)n2)NCC3(C)C)C2(F)CC2)cc2cc(Cl)c(C)nc12. The first-order valence-corrected chi connectivity index (χ1v) is 14.4. The molecule has 6 rings (SSSR count). The van der Waals surface area contributed by atoms with E-state index in [2.05, 4.69) is 32.2 Å². The van der Waals surface area contributed by atoms with Gasteiger partial charge in [-0.2, -0.15) is 0 Å². The van der Waals surface area contributed by atoms with Crippen molar-refractivity contribution in [2.45, 2.75) is 70.4 Å². The number of fused-ring (bicyclic) bond motifs is 2. The van der Waals surface area contributed by atoms with Crippen molar-refractivity contribution in [1.82, 2.24) is 9.97 Å². The zero-order valence-corrected chi connectivity index (χ0v) is 24.1. The monoisotopic (exact) mass is 561 g/mol. The first-order valence-electron chi connectivity index (χ1n) is 14.0. The Bertz CT molecular complexity index is 1600. The van der Waals surface area contributed by atoms with Crippen molar-refractivity contribution in [1.29, 1.82) is 0 Å². The van der Waals surface area contributed by atoms with Crippen LogP contribution in [-0.2, 0) is 11.8 Å². The third kappa shape index (κ3) is 4.91. The fourth-order valence-corrected chi connectivity index (χ4v) is 5.91. The van der Waals surface area contributed by atoms with Crippen molar-refractivity contribution in [3.05, 3.63) is 81.9 Å². The number of benzene rings is 2. The van der Waals surface area contributed by atoms with Gasteiger partial charge in [0, 0.05) is 34.5 Å². The molecule has 1 fully saturated rings. The van der Waals surface area contributed by atoms with Gasteiger partial charge >= 0.3 is 0 Å². The van der Waals surface area contributed by atoms with E-state index in [0.29, 0.717) is 36.6 Å². The summed E-state index contributed by atoms with van der Waals surface area (Å²) >= 11 is 6.44. The lowest BCUT2D eigenvalue weighted by molar-refractivity contribution is 0.250. The van der Waals surface area contributed by atoms with Crippen LogP contribution in [0.25, 0.3) is 22.2 Å². The fraction of sp³-hybridized carbons (Fsp3) is 0.394. The summed E-state index contributed by atoms with van der Waals surface area (Å²) in [4.78, 5) is 9.78. The van der Waals surface area contributed by atoms with Crippen LogP contribution in [0.2, 0.25) is 5.02 Å². The van der Waals surface area contributed by atoms with Crippen molar-refractivity contribution >= 4 is 28.2 Å². The highest BCUT2D eigenvalue weighted by Crippen LogP contribution is 2.54. The van der Waals surface area contributed by atoms with Crippen LogP contribution in [0, 0.1) is 12.7 Å². The van der Waals surface area contributed by atoms with Gasteiger partial charge in [-0.15, -0.1) is 0 Å². The van der Waals surface area contributed by atoms with Gasteiger partial charge in [0.2, 0.25) is 0 Å². The number of halogens is 3. The molecule has 0 radical (unpaired) electrons. The second kappa shape index (κ2) is 9.99. The minimum Gasteiger partial charge on any atom is -0.491 e. The average Bonchev–Trinajstić information content (AvgIpc) is 3.60. The van der Waals surface area contributed by atoms with Crippen molar-refractivity contribution < 1.29 is 13.5 Å². The van der Waals surface area contributed by atoms with E-state index in [1.165, 1.54) is 12.1 Å². The van der Waals surface area contributed by atoms with Gasteiger partial charge in [0.1, 0.15) is 22.8 Å². The van der Waals surface area contributed by atoms with Gasteiger partial charge in [0.15, 0.2) is 0 Å². The van der Waals surface area contributed by atoms with Gasteiger partial charge in [0.05, 0.1) is 28.7 Å². The Morgan fingerprint density at radius 3 is 2.52 bits per heavy atom. The maximum absolute atomic E-state index is 16.2. The Kier molecular flexibility index (Phi) is 6.73. The first kappa shape index (κ1) is 26.9. The topological polar surface area (TPSA) is 47.0 Å². The number of aryl methyl sites for hydroxylation is 1. The number of hydrogen-bond donors (Lipinski definition) is 1. The maximum Gasteiger partial charge on any atom is 0.145 e. The van der Waals surface area contributed by atoms with E-state index in [0.717, 1.165) is 63.3 Å². The third-order valence-corrected chi connectivity index (χ3v) is 8.66. The second-order valence-electron chi connectivity index (χ2n) is 11.9. The number of nitrogens with zero attached hydrogens (tertiary/aromatic N) is 2. The molecule has 40 heavy (non-hydrogen) atoms. The summed E-state index contributed by atoms with van der Waals surface area (Å²) in [5.41, 5.74) is 5.32. The standard InChI is InChI=1S/C33H34ClF2N3O/c1-5-12-40-28-15-20(13-22-16-26(34)19(2)38-29(22)28)14-24(33(36)10-11-33)27-17-25-31(37-18-32(25,3)4)30(39-27)21-6-8-23(35)9-7-21/h6-9,13,15-17,24,37H,5,10-12,14,18H2,1-4H3. The van der Waals surface area contributed by atoms with E-state index >= 15 is 4.39 Å². The molecule has 0 saturated heterocycles. The Balaban J connectivity index is 1.48. The molecule has 1 aliphatic carbocycles. The predicted octanol–water partition coefficient (Wildman–Crippen LogP) is 8.72. The Hall–Kier alpha value is -3.25. The molecule has 0 bridgehead atoms. The highest BCUT2D eigenvalue weighted by molar-refractivity contribution is 6.31. The molecule has 208 valence electrons. The lowest BCUT2D eigenvalue weighted by Gasteiger charge is -2.25. The Morgan fingerprint density at radius 1 is 1.07 bits per heavy atom. The molecule has 2 aliphatic rings. The smallest absolute Gasteiger partial charge is 0.145 e. The molecule has 1 saturated carbocycles. The minimum absolute atomic E-state index is 0.149. The second-order valence-corrected chi connectivity index (χ2v) is 12.3. The molecule has 4 aromatic rings. The Labute approximate surface area is 239 Å². The molecule has 1 unspecified atom stereocenters. The zero-order valence-electron chi connectivity index (χ0n) is 23.4. The molecule has 7 heteroatoms. The van der Waals surface area contributed by atoms with E-state index in [4.69, 9.17) is 26.3 Å². The number of aromatic nitrogens is 2. The van der Waals surface area contributed by atoms with Crippen LogP contribution in [0.4, 0.5) is 14.5 Å². The molecule has 1 N–H and O–H groups in total. The summed E-state index contributed by atoms with van der Waals surface area (Å²) in [6.45, 7) is 9.62. The van der Waals surface area contributed by atoms with Crippen LogP contribution in [0.5, 0.6) is 5.75 Å². The summed E-state index contributed by atoms with van der Waals surface area (Å²) in [6, 6.07) is 14.4. The normalized spacial score (nSPS) is 17.4. The van der Waals surface area contributed by atoms with Gasteiger partial charge < -0.3 is 10.1 Å². The number of alkyl halides is 1. The number of ether oxygens (including phenoxy) is 1. The quantitative estimate of drug-likeness (QED) is 0.234. The van der Waals surface area contributed by atoms with E-state index in [1.54, 1.807) is 12.1 Å². The third-order valence-electron chi connectivity index (χ3n) is 8.28. The molecule has 3 heterocycles. The highest BCUT2D eigenvalue weighted by atomic mass is 35.5. The van der Waals surface area contributed by atoms with Crippen molar-refractivity contribution in [2.75, 3.05) is 18.5 Å². The molecule has 2 aromatic heterocycles. The molecule has 1 aliphatic heterocycles. The number of pyridine rings is 2. The number of hydrogen-bond acceptors (Lipinski definition) is 4. The highest BCUT2D eigenvalue weighted by Gasteiger charge is 2.52. The van der Waals surface area contributed by atoms with E-state index in [9.17, 15) is 4.39 Å². The van der Waals surface area contributed by atoms with Crippen molar-refractivity contribution in [3.8, 4) is 17.0 Å². The summed E-state index contributed by atoms with van der Waals surface area (Å²) < 4.78 is 36.1. The molecular weight excluding hydrogens is 528 g/mol. The van der Waals surface area contributed by atoms with Gasteiger partial charge in [-0.05, 0) is 92.3 Å². The van der Waals surface area contributed by atoms with Gasteiger partial charge in [-0.1, -0.05) is 32.4 Å².